The molecule has 0 radical (unpaired) electrons. The SMILES string of the molecule is CNc1cc(Nc2ccc(Br)c(F)c2)nc(C(F)(F)F)n1. The third kappa shape index (κ3) is 3.81. The molecule has 0 fully saturated rings. The summed E-state index contributed by atoms with van der Waals surface area (Å²) in [6, 6.07) is 5.36. The molecule has 112 valence electrons. The maximum atomic E-state index is 13.4. The molecule has 0 saturated heterocycles. The first-order valence-corrected chi connectivity index (χ1v) is 6.45. The second-order valence-corrected chi connectivity index (χ2v) is 4.82. The van der Waals surface area contributed by atoms with Crippen molar-refractivity contribution >= 4 is 33.3 Å². The fourth-order valence-electron chi connectivity index (χ4n) is 1.49. The largest absolute Gasteiger partial charge is 0.451 e. The van der Waals surface area contributed by atoms with Gasteiger partial charge in [-0.2, -0.15) is 13.2 Å². The zero-order valence-electron chi connectivity index (χ0n) is 10.6. The van der Waals surface area contributed by atoms with Crippen LogP contribution in [-0.4, -0.2) is 17.0 Å². The maximum Gasteiger partial charge on any atom is 0.451 e. The standard InChI is InChI=1S/C12H9BrF4N4/c1-18-9-5-10(21-11(20-9)12(15,16)17)19-6-2-3-7(13)8(14)4-6/h2-5H,1H3,(H2,18,19,20,21). The van der Waals surface area contributed by atoms with Crippen LogP contribution >= 0.6 is 15.9 Å². The molecule has 2 rings (SSSR count). The zero-order chi connectivity index (χ0) is 15.6. The number of nitrogens with one attached hydrogen (secondary N) is 2. The molecule has 0 spiro atoms. The number of hydrogen-bond acceptors (Lipinski definition) is 4. The smallest absolute Gasteiger partial charge is 0.373 e. The fourth-order valence-corrected chi connectivity index (χ4v) is 1.73. The molecular weight excluding hydrogens is 356 g/mol. The molecule has 0 amide bonds. The highest BCUT2D eigenvalue weighted by atomic mass is 79.9. The van der Waals surface area contributed by atoms with Gasteiger partial charge in [-0.1, -0.05) is 0 Å². The average Bonchev–Trinajstić information content (AvgIpc) is 2.41. The van der Waals surface area contributed by atoms with E-state index in [-0.39, 0.29) is 21.8 Å². The van der Waals surface area contributed by atoms with Gasteiger partial charge < -0.3 is 10.6 Å². The van der Waals surface area contributed by atoms with E-state index in [9.17, 15) is 17.6 Å². The van der Waals surface area contributed by atoms with Crippen LogP contribution in [0, 0.1) is 5.82 Å². The monoisotopic (exact) mass is 364 g/mol. The molecule has 0 aliphatic rings. The summed E-state index contributed by atoms with van der Waals surface area (Å²) in [7, 11) is 1.44. The van der Waals surface area contributed by atoms with Crippen molar-refractivity contribution in [1.29, 1.82) is 0 Å². The maximum absolute atomic E-state index is 13.4. The number of alkyl halides is 3. The van der Waals surface area contributed by atoms with E-state index in [2.05, 4.69) is 36.5 Å². The van der Waals surface area contributed by atoms with Gasteiger partial charge in [0.2, 0.25) is 5.82 Å². The highest BCUT2D eigenvalue weighted by Gasteiger charge is 2.35. The molecule has 9 heteroatoms. The third-order valence-electron chi connectivity index (χ3n) is 2.43. The molecule has 1 aromatic carbocycles. The van der Waals surface area contributed by atoms with Crippen LogP contribution in [0.1, 0.15) is 5.82 Å². The van der Waals surface area contributed by atoms with Crippen LogP contribution in [0.5, 0.6) is 0 Å². The first-order valence-electron chi connectivity index (χ1n) is 5.65. The molecule has 4 nitrogen and oxygen atoms in total. The minimum absolute atomic E-state index is 0.00240. The van der Waals surface area contributed by atoms with E-state index >= 15 is 0 Å². The molecule has 1 aromatic heterocycles. The van der Waals surface area contributed by atoms with Crippen LogP contribution in [0.25, 0.3) is 0 Å². The molecule has 1 heterocycles. The third-order valence-corrected chi connectivity index (χ3v) is 3.07. The summed E-state index contributed by atoms with van der Waals surface area (Å²) in [6.45, 7) is 0. The van der Waals surface area contributed by atoms with Crippen molar-refractivity contribution in [3.05, 3.63) is 40.4 Å². The van der Waals surface area contributed by atoms with Crippen molar-refractivity contribution in [2.75, 3.05) is 17.7 Å². The van der Waals surface area contributed by atoms with Crippen LogP contribution in [0.4, 0.5) is 34.9 Å². The summed E-state index contributed by atoms with van der Waals surface area (Å²) in [4.78, 5) is 6.71. The van der Waals surface area contributed by atoms with Crippen molar-refractivity contribution in [2.24, 2.45) is 0 Å². The Hall–Kier alpha value is -1.90. The highest BCUT2D eigenvalue weighted by molar-refractivity contribution is 9.10. The van der Waals surface area contributed by atoms with E-state index in [0.29, 0.717) is 0 Å². The van der Waals surface area contributed by atoms with Gasteiger partial charge in [0.1, 0.15) is 17.5 Å². The van der Waals surface area contributed by atoms with E-state index in [1.807, 2.05) is 0 Å². The predicted molar refractivity (Wildman–Crippen MR) is 74.0 cm³/mol. The van der Waals surface area contributed by atoms with Crippen LogP contribution in [0.15, 0.2) is 28.7 Å². The summed E-state index contributed by atoms with van der Waals surface area (Å²) in [5.41, 5.74) is 0.268. The summed E-state index contributed by atoms with van der Waals surface area (Å²) in [6.07, 6.45) is -4.67. The lowest BCUT2D eigenvalue weighted by molar-refractivity contribution is -0.144. The van der Waals surface area contributed by atoms with Gasteiger partial charge in [0.05, 0.1) is 4.47 Å². The zero-order valence-corrected chi connectivity index (χ0v) is 12.2. The van der Waals surface area contributed by atoms with Crippen molar-refractivity contribution in [2.45, 2.75) is 6.18 Å². The van der Waals surface area contributed by atoms with E-state index in [1.165, 1.54) is 25.2 Å². The summed E-state index contributed by atoms with van der Waals surface area (Å²) in [5, 5.41) is 5.12. The van der Waals surface area contributed by atoms with Gasteiger partial charge in [-0.15, -0.1) is 0 Å². The quantitative estimate of drug-likeness (QED) is 0.802. The Morgan fingerprint density at radius 3 is 2.33 bits per heavy atom. The number of aromatic nitrogens is 2. The lowest BCUT2D eigenvalue weighted by Gasteiger charge is -2.11. The molecule has 0 aliphatic carbocycles. The van der Waals surface area contributed by atoms with Gasteiger partial charge in [-0.3, -0.25) is 0 Å². The number of hydrogen-bond donors (Lipinski definition) is 2. The minimum Gasteiger partial charge on any atom is -0.373 e. The summed E-state index contributed by atoms with van der Waals surface area (Å²) in [5.74, 6) is -1.92. The fraction of sp³-hybridized carbons (Fsp3) is 0.167. The molecule has 0 bridgehead atoms. The van der Waals surface area contributed by atoms with Gasteiger partial charge in [0.15, 0.2) is 0 Å². The lowest BCUT2D eigenvalue weighted by atomic mass is 10.3. The summed E-state index contributed by atoms with van der Waals surface area (Å²) < 4.78 is 51.7. The second kappa shape index (κ2) is 5.84. The van der Waals surface area contributed by atoms with Crippen LogP contribution in [0.3, 0.4) is 0 Å². The second-order valence-electron chi connectivity index (χ2n) is 3.96. The number of nitrogens with zero attached hydrogens (tertiary/aromatic N) is 2. The number of anilines is 3. The molecule has 0 saturated carbocycles. The van der Waals surface area contributed by atoms with E-state index < -0.39 is 17.8 Å². The molecule has 0 aliphatic heterocycles. The normalized spacial score (nSPS) is 11.3. The van der Waals surface area contributed by atoms with Crippen LogP contribution in [0.2, 0.25) is 0 Å². The molecule has 2 aromatic rings. The van der Waals surface area contributed by atoms with Gasteiger partial charge in [-0.25, -0.2) is 14.4 Å². The highest BCUT2D eigenvalue weighted by Crippen LogP contribution is 2.29. The Morgan fingerprint density at radius 2 is 1.76 bits per heavy atom. The molecule has 0 unspecified atom stereocenters. The lowest BCUT2D eigenvalue weighted by Crippen LogP contribution is -2.13. The number of halogens is 5. The minimum atomic E-state index is -4.67. The number of benzene rings is 1. The van der Waals surface area contributed by atoms with Gasteiger partial charge >= 0.3 is 6.18 Å². The first kappa shape index (κ1) is 15.5. The van der Waals surface area contributed by atoms with Gasteiger partial charge in [-0.05, 0) is 34.1 Å². The Kier molecular flexibility index (Phi) is 4.31. The Morgan fingerprint density at radius 1 is 1.10 bits per heavy atom. The number of rotatable bonds is 3. The Labute approximate surface area is 125 Å². The summed E-state index contributed by atoms with van der Waals surface area (Å²) >= 11 is 2.99. The topological polar surface area (TPSA) is 49.8 Å². The van der Waals surface area contributed by atoms with Gasteiger partial charge in [0, 0.05) is 18.8 Å². The average molecular weight is 365 g/mol. The van der Waals surface area contributed by atoms with Crippen LogP contribution < -0.4 is 10.6 Å². The Balaban J connectivity index is 2.36. The van der Waals surface area contributed by atoms with E-state index in [0.717, 1.165) is 6.07 Å². The van der Waals surface area contributed by atoms with Crippen LogP contribution in [-0.2, 0) is 6.18 Å². The van der Waals surface area contributed by atoms with E-state index in [4.69, 9.17) is 0 Å². The molecular formula is C12H9BrF4N4. The van der Waals surface area contributed by atoms with Crippen molar-refractivity contribution in [3.63, 3.8) is 0 Å². The van der Waals surface area contributed by atoms with Crippen molar-refractivity contribution in [1.82, 2.24) is 9.97 Å². The van der Waals surface area contributed by atoms with Gasteiger partial charge in [0.25, 0.3) is 0 Å². The molecule has 21 heavy (non-hydrogen) atoms. The first-order chi connectivity index (χ1) is 9.79. The molecule has 2 N–H and O–H groups in total. The van der Waals surface area contributed by atoms with Crippen molar-refractivity contribution in [3.8, 4) is 0 Å². The van der Waals surface area contributed by atoms with Crippen molar-refractivity contribution < 1.29 is 17.6 Å². The Bertz CT molecular complexity index is 660. The molecule has 0 atom stereocenters. The van der Waals surface area contributed by atoms with E-state index in [1.54, 1.807) is 0 Å². The predicted octanol–water partition coefficient (Wildman–Crippen LogP) is 4.18.